The molecule has 1 N–H and O–H groups in total. The normalized spacial score (nSPS) is 10.8. The Labute approximate surface area is 132 Å². The van der Waals surface area contributed by atoms with E-state index in [1.165, 1.54) is 17.3 Å². The Hall–Kier alpha value is -1.53. The monoisotopic (exact) mass is 325 g/mol. The van der Waals surface area contributed by atoms with Gasteiger partial charge in [0.05, 0.1) is 5.75 Å². The van der Waals surface area contributed by atoms with Gasteiger partial charge in [-0.3, -0.25) is 4.79 Å². The number of thioether (sulfide) groups is 1. The first-order valence-electron chi connectivity index (χ1n) is 6.61. The quantitative estimate of drug-likeness (QED) is 0.793. The molecular formula is C14H16ClN3O2S. The molecule has 1 heterocycles. The summed E-state index contributed by atoms with van der Waals surface area (Å²) >= 11 is 7.07. The van der Waals surface area contributed by atoms with Crippen molar-refractivity contribution >= 4 is 29.3 Å². The molecule has 0 aliphatic heterocycles. The highest BCUT2D eigenvalue weighted by Crippen LogP contribution is 2.18. The van der Waals surface area contributed by atoms with Gasteiger partial charge >= 0.3 is 5.97 Å². The predicted molar refractivity (Wildman–Crippen MR) is 82.9 cm³/mol. The summed E-state index contributed by atoms with van der Waals surface area (Å²) in [6, 6.07) is 7.71. The topological polar surface area (TPSA) is 68.0 Å². The van der Waals surface area contributed by atoms with Crippen LogP contribution in [0.3, 0.4) is 0 Å². The van der Waals surface area contributed by atoms with Crippen molar-refractivity contribution in [1.29, 1.82) is 0 Å². The lowest BCUT2D eigenvalue weighted by atomic mass is 10.1. The van der Waals surface area contributed by atoms with Crippen LogP contribution >= 0.6 is 23.4 Å². The Morgan fingerprint density at radius 2 is 2.05 bits per heavy atom. The van der Waals surface area contributed by atoms with Crippen LogP contribution in [-0.2, 0) is 24.2 Å². The van der Waals surface area contributed by atoms with Crippen LogP contribution in [0.2, 0.25) is 5.02 Å². The third kappa shape index (κ3) is 4.47. The van der Waals surface area contributed by atoms with Crippen LogP contribution in [0.4, 0.5) is 0 Å². The Morgan fingerprint density at radius 1 is 1.33 bits per heavy atom. The number of aliphatic carboxylic acids is 1. The van der Waals surface area contributed by atoms with Crippen molar-refractivity contribution in [2.75, 3.05) is 5.75 Å². The van der Waals surface area contributed by atoms with E-state index in [-0.39, 0.29) is 5.75 Å². The maximum absolute atomic E-state index is 10.7. The van der Waals surface area contributed by atoms with E-state index >= 15 is 0 Å². The minimum atomic E-state index is -0.856. The molecule has 0 saturated carbocycles. The summed E-state index contributed by atoms with van der Waals surface area (Å²) in [6.45, 7) is 2.73. The SMILES string of the molecule is CCc1nnc(SCC(=O)O)n1CCc1ccc(Cl)cc1. The molecule has 0 bridgehead atoms. The molecule has 5 nitrogen and oxygen atoms in total. The lowest BCUT2D eigenvalue weighted by Gasteiger charge is -2.09. The molecule has 1 aromatic carbocycles. The molecule has 0 spiro atoms. The highest BCUT2D eigenvalue weighted by atomic mass is 35.5. The molecule has 21 heavy (non-hydrogen) atoms. The predicted octanol–water partition coefficient (Wildman–Crippen LogP) is 2.91. The van der Waals surface area contributed by atoms with Crippen molar-refractivity contribution in [2.24, 2.45) is 0 Å². The number of hydrogen-bond acceptors (Lipinski definition) is 4. The number of aromatic nitrogens is 3. The van der Waals surface area contributed by atoms with Gasteiger partial charge in [-0.2, -0.15) is 0 Å². The van der Waals surface area contributed by atoms with Crippen LogP contribution < -0.4 is 0 Å². The minimum absolute atomic E-state index is 0.0111. The van der Waals surface area contributed by atoms with Crippen LogP contribution in [0.25, 0.3) is 0 Å². The smallest absolute Gasteiger partial charge is 0.313 e. The van der Waals surface area contributed by atoms with Crippen molar-refractivity contribution in [3.05, 3.63) is 40.7 Å². The second-order valence-electron chi connectivity index (χ2n) is 4.46. The summed E-state index contributed by atoms with van der Waals surface area (Å²) in [6.07, 6.45) is 1.59. The Kier molecular flexibility index (Phi) is 5.64. The van der Waals surface area contributed by atoms with Gasteiger partial charge < -0.3 is 9.67 Å². The van der Waals surface area contributed by atoms with Gasteiger partial charge in [0.2, 0.25) is 0 Å². The first-order chi connectivity index (χ1) is 10.1. The average molecular weight is 326 g/mol. The number of carboxylic acid groups (broad SMARTS) is 1. The lowest BCUT2D eigenvalue weighted by Crippen LogP contribution is -2.08. The Bertz CT molecular complexity index is 613. The molecule has 0 saturated heterocycles. The molecule has 0 unspecified atom stereocenters. The molecule has 0 aliphatic carbocycles. The van der Waals surface area contributed by atoms with Gasteiger partial charge in [-0.25, -0.2) is 0 Å². The molecule has 0 atom stereocenters. The van der Waals surface area contributed by atoms with Crippen LogP contribution in [0, 0.1) is 0 Å². The van der Waals surface area contributed by atoms with Gasteiger partial charge in [0.15, 0.2) is 5.16 Å². The van der Waals surface area contributed by atoms with Crippen molar-refractivity contribution in [2.45, 2.75) is 31.5 Å². The number of aryl methyl sites for hydroxylation is 2. The number of rotatable bonds is 7. The number of hydrogen-bond donors (Lipinski definition) is 1. The zero-order valence-corrected chi connectivity index (χ0v) is 13.2. The van der Waals surface area contributed by atoms with Crippen molar-refractivity contribution in [3.8, 4) is 0 Å². The van der Waals surface area contributed by atoms with Crippen LogP contribution in [0.15, 0.2) is 29.4 Å². The van der Waals surface area contributed by atoms with E-state index in [0.29, 0.717) is 5.16 Å². The number of benzene rings is 1. The molecule has 2 aromatic rings. The molecule has 7 heteroatoms. The molecule has 0 aliphatic rings. The second-order valence-corrected chi connectivity index (χ2v) is 5.84. The first-order valence-corrected chi connectivity index (χ1v) is 7.97. The number of carbonyl (C=O) groups is 1. The van der Waals surface area contributed by atoms with Gasteiger partial charge in [0, 0.05) is 18.0 Å². The maximum atomic E-state index is 10.7. The van der Waals surface area contributed by atoms with Crippen molar-refractivity contribution < 1.29 is 9.90 Å². The van der Waals surface area contributed by atoms with Crippen molar-refractivity contribution in [1.82, 2.24) is 14.8 Å². The average Bonchev–Trinajstić information content (AvgIpc) is 2.86. The van der Waals surface area contributed by atoms with E-state index in [0.717, 1.165) is 30.2 Å². The van der Waals surface area contributed by atoms with Gasteiger partial charge in [0.25, 0.3) is 0 Å². The van der Waals surface area contributed by atoms with E-state index in [2.05, 4.69) is 10.2 Å². The van der Waals surface area contributed by atoms with Crippen LogP contribution in [0.1, 0.15) is 18.3 Å². The summed E-state index contributed by atoms with van der Waals surface area (Å²) in [5, 5.41) is 18.3. The van der Waals surface area contributed by atoms with Crippen LogP contribution in [-0.4, -0.2) is 31.6 Å². The van der Waals surface area contributed by atoms with E-state index in [9.17, 15) is 4.79 Å². The minimum Gasteiger partial charge on any atom is -0.481 e. The van der Waals surface area contributed by atoms with Crippen molar-refractivity contribution in [3.63, 3.8) is 0 Å². The van der Waals surface area contributed by atoms with Gasteiger partial charge in [-0.15, -0.1) is 10.2 Å². The molecular weight excluding hydrogens is 310 g/mol. The van der Waals surface area contributed by atoms with E-state index in [4.69, 9.17) is 16.7 Å². The standard InChI is InChI=1S/C14H16ClN3O2S/c1-2-12-16-17-14(21-9-13(19)20)18(12)8-7-10-3-5-11(15)6-4-10/h3-6H,2,7-9H2,1H3,(H,19,20). The summed E-state index contributed by atoms with van der Waals surface area (Å²) in [5.41, 5.74) is 1.17. The summed E-state index contributed by atoms with van der Waals surface area (Å²) in [5.74, 6) is 0.00476. The molecule has 112 valence electrons. The molecule has 1 aromatic heterocycles. The molecule has 0 radical (unpaired) electrons. The molecule has 0 amide bonds. The van der Waals surface area contributed by atoms with Gasteiger partial charge in [-0.05, 0) is 24.1 Å². The largest absolute Gasteiger partial charge is 0.481 e. The fourth-order valence-electron chi connectivity index (χ4n) is 1.93. The third-order valence-corrected chi connectivity index (χ3v) is 4.18. The van der Waals surface area contributed by atoms with Gasteiger partial charge in [0.1, 0.15) is 5.82 Å². The number of halogens is 1. The summed E-state index contributed by atoms with van der Waals surface area (Å²) < 4.78 is 1.99. The van der Waals surface area contributed by atoms with E-state index in [1.54, 1.807) is 0 Å². The zero-order valence-electron chi connectivity index (χ0n) is 11.6. The Balaban J connectivity index is 2.08. The first kappa shape index (κ1) is 15.9. The van der Waals surface area contributed by atoms with Gasteiger partial charge in [-0.1, -0.05) is 42.4 Å². The summed E-state index contributed by atoms with van der Waals surface area (Å²) in [4.78, 5) is 10.7. The lowest BCUT2D eigenvalue weighted by molar-refractivity contribution is -0.133. The van der Waals surface area contributed by atoms with Crippen LogP contribution in [0.5, 0.6) is 0 Å². The number of nitrogens with zero attached hydrogens (tertiary/aromatic N) is 3. The highest BCUT2D eigenvalue weighted by molar-refractivity contribution is 7.99. The Morgan fingerprint density at radius 3 is 2.67 bits per heavy atom. The highest BCUT2D eigenvalue weighted by Gasteiger charge is 2.12. The second kappa shape index (κ2) is 7.47. The van der Waals surface area contributed by atoms with E-state index in [1.807, 2.05) is 35.8 Å². The fourth-order valence-corrected chi connectivity index (χ4v) is 2.76. The molecule has 2 rings (SSSR count). The van der Waals surface area contributed by atoms with E-state index < -0.39 is 5.97 Å². The zero-order chi connectivity index (χ0) is 15.2. The molecule has 0 fully saturated rings. The fraction of sp³-hybridized carbons (Fsp3) is 0.357. The number of carboxylic acids is 1. The maximum Gasteiger partial charge on any atom is 0.313 e. The summed E-state index contributed by atoms with van der Waals surface area (Å²) in [7, 11) is 0. The third-order valence-electron chi connectivity index (χ3n) is 2.97.